The van der Waals surface area contributed by atoms with Gasteiger partial charge in [0.1, 0.15) is 19.3 Å². The summed E-state index contributed by atoms with van der Waals surface area (Å²) in [7, 11) is 3.83. The van der Waals surface area contributed by atoms with Gasteiger partial charge in [0, 0.05) is 55.1 Å². The van der Waals surface area contributed by atoms with Crippen molar-refractivity contribution in [2.75, 3.05) is 32.1 Å². The van der Waals surface area contributed by atoms with Crippen LogP contribution in [0.15, 0.2) is 0 Å². The van der Waals surface area contributed by atoms with Crippen molar-refractivity contribution < 1.29 is 62.4 Å². The van der Waals surface area contributed by atoms with E-state index < -0.39 is 47.4 Å². The lowest BCUT2D eigenvalue weighted by molar-refractivity contribution is -0.169. The van der Waals surface area contributed by atoms with Crippen molar-refractivity contribution in [3.63, 3.8) is 0 Å². The molecule has 14 nitrogen and oxygen atoms in total. The zero-order chi connectivity index (χ0) is 49.5. The van der Waals surface area contributed by atoms with E-state index >= 15 is 0 Å². The molecule has 0 aromatic heterocycles. The minimum atomic E-state index is -1.46. The van der Waals surface area contributed by atoms with E-state index in [0.717, 1.165) is 70.6 Å². The molecule has 16 heteroatoms. The van der Waals surface area contributed by atoms with Crippen LogP contribution in [0.2, 0.25) is 0 Å². The molecular formula is C51H89NO13S2. The number of carboxylic acids is 1. The first-order chi connectivity index (χ1) is 32.2. The molecule has 0 spiro atoms. The Labute approximate surface area is 411 Å². The summed E-state index contributed by atoms with van der Waals surface area (Å²) in [6.07, 6.45) is 20.4. The van der Waals surface area contributed by atoms with Gasteiger partial charge in [-0.1, -0.05) is 146 Å². The van der Waals surface area contributed by atoms with Gasteiger partial charge < -0.3 is 34.1 Å². The topological polar surface area (TPSA) is 198 Å². The van der Waals surface area contributed by atoms with Gasteiger partial charge >= 0.3 is 35.8 Å². The molecule has 0 saturated carbocycles. The SMILES string of the molecule is CCCCCCCCC(CCCCCC)COC(=O)CCCC(=O)OCC(C)(C)C(OC(=O)CCCC(=O)OCC(CCCCCC)OC(=O)CCCCC1CCSS1)C(=O)NCCC(=O)O. The predicted octanol–water partition coefficient (Wildman–Crippen LogP) is 11.4. The zero-order valence-electron chi connectivity index (χ0n) is 42.0. The molecule has 1 heterocycles. The minimum absolute atomic E-state index is 0.0559. The number of esters is 5. The molecule has 1 saturated heterocycles. The normalized spacial score (nSPS) is 15.0. The largest absolute Gasteiger partial charge is 0.481 e. The summed E-state index contributed by atoms with van der Waals surface area (Å²) in [5.74, 6) is -2.98. The van der Waals surface area contributed by atoms with Gasteiger partial charge in [0.2, 0.25) is 0 Å². The molecule has 4 atom stereocenters. The van der Waals surface area contributed by atoms with Crippen molar-refractivity contribution in [1.29, 1.82) is 0 Å². The van der Waals surface area contributed by atoms with Crippen LogP contribution in [0.5, 0.6) is 0 Å². The van der Waals surface area contributed by atoms with Gasteiger partial charge in [-0.05, 0) is 63.7 Å². The number of amides is 1. The summed E-state index contributed by atoms with van der Waals surface area (Å²) in [6.45, 7) is 9.44. The van der Waals surface area contributed by atoms with Crippen LogP contribution in [0.4, 0.5) is 0 Å². The van der Waals surface area contributed by atoms with E-state index in [1.54, 1.807) is 13.8 Å². The molecule has 0 aromatic carbocycles. The Morgan fingerprint density at radius 1 is 0.582 bits per heavy atom. The van der Waals surface area contributed by atoms with Gasteiger partial charge in [0.05, 0.1) is 13.0 Å². The molecule has 4 unspecified atom stereocenters. The van der Waals surface area contributed by atoms with Crippen LogP contribution < -0.4 is 5.32 Å². The van der Waals surface area contributed by atoms with Crippen molar-refractivity contribution in [1.82, 2.24) is 5.32 Å². The molecule has 1 fully saturated rings. The van der Waals surface area contributed by atoms with E-state index in [4.69, 9.17) is 28.8 Å². The van der Waals surface area contributed by atoms with Gasteiger partial charge in [-0.15, -0.1) is 0 Å². The van der Waals surface area contributed by atoms with Crippen LogP contribution in [-0.4, -0.2) is 96.4 Å². The fraction of sp³-hybridized carbons (Fsp3) is 0.863. The van der Waals surface area contributed by atoms with Crippen LogP contribution >= 0.6 is 21.6 Å². The highest BCUT2D eigenvalue weighted by Gasteiger charge is 2.40. The molecule has 1 amide bonds. The monoisotopic (exact) mass is 988 g/mol. The lowest BCUT2D eigenvalue weighted by Crippen LogP contribution is -2.49. The number of rotatable bonds is 43. The molecule has 388 valence electrons. The Kier molecular flexibility index (Phi) is 36.8. The van der Waals surface area contributed by atoms with E-state index in [2.05, 4.69) is 26.1 Å². The lowest BCUT2D eigenvalue weighted by Gasteiger charge is -2.32. The predicted molar refractivity (Wildman–Crippen MR) is 265 cm³/mol. The highest BCUT2D eigenvalue weighted by molar-refractivity contribution is 8.77. The molecule has 0 bridgehead atoms. The quantitative estimate of drug-likeness (QED) is 0.0253. The minimum Gasteiger partial charge on any atom is -0.481 e. The van der Waals surface area contributed by atoms with E-state index in [-0.39, 0.29) is 76.6 Å². The van der Waals surface area contributed by atoms with Crippen LogP contribution in [-0.2, 0) is 57.2 Å². The fourth-order valence-electron chi connectivity index (χ4n) is 7.66. The van der Waals surface area contributed by atoms with Crippen molar-refractivity contribution in [3.8, 4) is 0 Å². The second-order valence-corrected chi connectivity index (χ2v) is 21.6. The molecule has 1 rings (SSSR count). The number of carboxylic acid groups (broad SMARTS) is 1. The van der Waals surface area contributed by atoms with E-state index in [1.165, 1.54) is 63.5 Å². The van der Waals surface area contributed by atoms with E-state index in [0.29, 0.717) is 30.6 Å². The molecule has 67 heavy (non-hydrogen) atoms. The van der Waals surface area contributed by atoms with Crippen molar-refractivity contribution in [3.05, 3.63) is 0 Å². The maximum Gasteiger partial charge on any atom is 0.306 e. The fourth-order valence-corrected chi connectivity index (χ4v) is 10.7. The summed E-state index contributed by atoms with van der Waals surface area (Å²) < 4.78 is 28.0. The Hall–Kier alpha value is -3.01. The van der Waals surface area contributed by atoms with Crippen LogP contribution in [0, 0.1) is 11.3 Å². The van der Waals surface area contributed by atoms with Crippen molar-refractivity contribution in [2.24, 2.45) is 11.3 Å². The Bertz CT molecular complexity index is 1390. The highest BCUT2D eigenvalue weighted by Crippen LogP contribution is 2.40. The molecular weight excluding hydrogens is 899 g/mol. The van der Waals surface area contributed by atoms with E-state index in [9.17, 15) is 33.6 Å². The first-order valence-electron chi connectivity index (χ1n) is 25.8. The zero-order valence-corrected chi connectivity index (χ0v) is 43.6. The standard InChI is InChI=1S/C51H89NO13S2/c1-6-9-12-15-16-18-25-40(24-17-13-10-7-2)37-61-44(55)29-22-31-46(57)63-39-51(4,5)49(50(60)52-35-33-43(53)54)65-48(59)32-23-30-45(56)62-38-41(26-19-14-11-8-3)64-47(58)28-21-20-27-42-34-36-66-67-42/h40-42,49H,6-39H2,1-5H3,(H,52,60)(H,53,54). The van der Waals surface area contributed by atoms with Crippen molar-refractivity contribution in [2.45, 2.75) is 238 Å². The molecule has 1 aliphatic rings. The van der Waals surface area contributed by atoms with Crippen LogP contribution in [0.3, 0.4) is 0 Å². The third kappa shape index (κ3) is 34.0. The van der Waals surface area contributed by atoms with Crippen LogP contribution in [0.25, 0.3) is 0 Å². The molecule has 0 aromatic rings. The first-order valence-corrected chi connectivity index (χ1v) is 28.2. The molecule has 0 aliphatic carbocycles. The number of carbonyl (C=O) groups is 7. The van der Waals surface area contributed by atoms with Crippen LogP contribution in [0.1, 0.15) is 221 Å². The Balaban J connectivity index is 2.64. The molecule has 1 aliphatic heterocycles. The summed E-state index contributed by atoms with van der Waals surface area (Å²) in [4.78, 5) is 88.3. The van der Waals surface area contributed by atoms with Crippen molar-refractivity contribution >= 4 is 63.3 Å². The summed E-state index contributed by atoms with van der Waals surface area (Å²) >= 11 is 0. The first kappa shape index (κ1) is 62.0. The third-order valence-corrected chi connectivity index (χ3v) is 14.9. The average Bonchev–Trinajstić information content (AvgIpc) is 3.82. The Morgan fingerprint density at radius 2 is 1.09 bits per heavy atom. The van der Waals surface area contributed by atoms with Gasteiger partial charge in [-0.25, -0.2) is 0 Å². The summed E-state index contributed by atoms with van der Waals surface area (Å²) in [5.41, 5.74) is -1.24. The average molecular weight is 988 g/mol. The number of aliphatic carboxylic acids is 1. The summed E-state index contributed by atoms with van der Waals surface area (Å²) in [6, 6.07) is 0. The molecule has 0 radical (unpaired) electrons. The van der Waals surface area contributed by atoms with Gasteiger partial charge in [-0.3, -0.25) is 33.6 Å². The van der Waals surface area contributed by atoms with Gasteiger partial charge in [0.25, 0.3) is 5.91 Å². The Morgan fingerprint density at radius 3 is 1.67 bits per heavy atom. The summed E-state index contributed by atoms with van der Waals surface area (Å²) in [5, 5.41) is 12.2. The lowest BCUT2D eigenvalue weighted by atomic mass is 9.86. The van der Waals surface area contributed by atoms with Gasteiger partial charge in [0.15, 0.2) is 6.10 Å². The second kappa shape index (κ2) is 39.8. The molecule has 2 N–H and O–H groups in total. The smallest absolute Gasteiger partial charge is 0.306 e. The third-order valence-electron chi connectivity index (χ3n) is 11.9. The number of unbranched alkanes of at least 4 members (excludes halogenated alkanes) is 12. The highest BCUT2D eigenvalue weighted by atomic mass is 33.1. The van der Waals surface area contributed by atoms with E-state index in [1.807, 2.05) is 21.6 Å². The second-order valence-electron chi connectivity index (χ2n) is 18.8. The van der Waals surface area contributed by atoms with Gasteiger partial charge in [-0.2, -0.15) is 0 Å². The maximum atomic E-state index is 13.3. The maximum absolute atomic E-state index is 13.3. The number of hydrogen-bond acceptors (Lipinski definition) is 14. The number of ether oxygens (including phenoxy) is 5. The number of hydrogen-bond donors (Lipinski definition) is 2. The number of carbonyl (C=O) groups excluding carboxylic acids is 6. The number of nitrogens with one attached hydrogen (secondary N) is 1.